The number of halogens is 2. The second kappa shape index (κ2) is 8.91. The summed E-state index contributed by atoms with van der Waals surface area (Å²) in [6.45, 7) is 2.08. The largest absolute Gasteiger partial charge is 0.427 e. The first kappa shape index (κ1) is 24.6. The van der Waals surface area contributed by atoms with Gasteiger partial charge >= 0.3 is 5.97 Å². The van der Waals surface area contributed by atoms with Crippen molar-refractivity contribution in [1.82, 2.24) is 0 Å². The number of nitrogens with zero attached hydrogens (tertiary/aromatic N) is 1. The number of imide groups is 1. The Labute approximate surface area is 232 Å². The minimum Gasteiger partial charge on any atom is -0.427 e. The van der Waals surface area contributed by atoms with Crippen LogP contribution in [0.4, 0.5) is 5.69 Å². The van der Waals surface area contributed by atoms with E-state index in [0.29, 0.717) is 17.9 Å². The molecule has 2 atom stereocenters. The highest BCUT2D eigenvalue weighted by Gasteiger charge is 2.72. The summed E-state index contributed by atoms with van der Waals surface area (Å²) >= 11 is 8.03. The fourth-order valence-corrected chi connectivity index (χ4v) is 8.59. The van der Waals surface area contributed by atoms with Gasteiger partial charge in [-0.25, -0.2) is 4.90 Å². The van der Waals surface area contributed by atoms with E-state index in [0.717, 1.165) is 41.5 Å². The van der Waals surface area contributed by atoms with Crippen molar-refractivity contribution in [2.24, 2.45) is 11.8 Å². The van der Waals surface area contributed by atoms with Crippen molar-refractivity contribution in [3.8, 4) is 5.75 Å². The maximum Gasteiger partial charge on any atom is 0.311 e. The van der Waals surface area contributed by atoms with Crippen LogP contribution in [0.15, 0.2) is 72.8 Å². The maximum atomic E-state index is 14.1. The zero-order chi connectivity index (χ0) is 25.9. The van der Waals surface area contributed by atoms with Crippen LogP contribution in [0, 0.1) is 11.8 Å². The zero-order valence-electron chi connectivity index (χ0n) is 20.2. The van der Waals surface area contributed by atoms with Crippen molar-refractivity contribution >= 4 is 55.3 Å². The molecule has 1 heterocycles. The smallest absolute Gasteiger partial charge is 0.311 e. The van der Waals surface area contributed by atoms with Crippen molar-refractivity contribution in [3.63, 3.8) is 0 Å². The molecule has 7 rings (SSSR count). The van der Waals surface area contributed by atoms with E-state index < -0.39 is 20.5 Å². The number of carbonyl (C=O) groups excluding carboxylic acids is 3. The van der Waals surface area contributed by atoms with Crippen LogP contribution in [-0.4, -0.2) is 17.8 Å². The van der Waals surface area contributed by atoms with Crippen molar-refractivity contribution in [3.05, 3.63) is 95.1 Å². The van der Waals surface area contributed by atoms with Crippen LogP contribution in [0.3, 0.4) is 0 Å². The summed E-state index contributed by atoms with van der Waals surface area (Å²) in [5.41, 5.74) is 4.47. The van der Waals surface area contributed by atoms with Crippen LogP contribution >= 0.6 is 31.9 Å². The number of carbonyl (C=O) groups is 3. The van der Waals surface area contributed by atoms with Crippen molar-refractivity contribution in [2.75, 3.05) is 4.90 Å². The van der Waals surface area contributed by atoms with E-state index in [4.69, 9.17) is 4.74 Å². The van der Waals surface area contributed by atoms with Gasteiger partial charge in [-0.3, -0.25) is 14.4 Å². The molecule has 1 fully saturated rings. The van der Waals surface area contributed by atoms with E-state index in [9.17, 15) is 14.4 Å². The fraction of sp³-hybridized carbons (Fsp3) is 0.300. The molecular weight excluding hydrogens is 598 g/mol. The molecular formula is C30H25Br2NO4. The summed E-state index contributed by atoms with van der Waals surface area (Å²) in [7, 11) is 0. The number of hydrogen-bond donors (Lipinski definition) is 0. The minimum atomic E-state index is -0.824. The summed E-state index contributed by atoms with van der Waals surface area (Å²) in [6.07, 6.45) is 3.17. The summed E-state index contributed by atoms with van der Waals surface area (Å²) < 4.78 is 3.80. The molecule has 37 heavy (non-hydrogen) atoms. The van der Waals surface area contributed by atoms with Gasteiger partial charge in [-0.05, 0) is 52.9 Å². The molecule has 4 aliphatic rings. The third kappa shape index (κ3) is 3.36. The lowest BCUT2D eigenvalue weighted by molar-refractivity contribution is -0.134. The monoisotopic (exact) mass is 621 g/mol. The lowest BCUT2D eigenvalue weighted by Crippen LogP contribution is -2.56. The first-order chi connectivity index (χ1) is 17.8. The third-order valence-electron chi connectivity index (χ3n) is 7.90. The van der Waals surface area contributed by atoms with Gasteiger partial charge in [0, 0.05) is 6.42 Å². The summed E-state index contributed by atoms with van der Waals surface area (Å²) in [4.78, 5) is 41.6. The zero-order valence-corrected chi connectivity index (χ0v) is 23.4. The predicted octanol–water partition coefficient (Wildman–Crippen LogP) is 6.58. The Balaban J connectivity index is 1.38. The second-order valence-corrected chi connectivity index (χ2v) is 12.4. The molecule has 5 nitrogen and oxygen atoms in total. The van der Waals surface area contributed by atoms with Gasteiger partial charge in [0.1, 0.15) is 5.75 Å². The van der Waals surface area contributed by atoms with Gasteiger partial charge in [0.2, 0.25) is 11.8 Å². The maximum absolute atomic E-state index is 14.1. The second-order valence-electron chi connectivity index (χ2n) is 9.91. The van der Waals surface area contributed by atoms with Gasteiger partial charge in [0.15, 0.2) is 0 Å². The van der Waals surface area contributed by atoms with Crippen LogP contribution in [-0.2, 0) is 23.0 Å². The number of alkyl halides is 2. The van der Waals surface area contributed by atoms with Gasteiger partial charge in [0.25, 0.3) is 0 Å². The van der Waals surface area contributed by atoms with Crippen molar-refractivity contribution in [1.29, 1.82) is 0 Å². The molecule has 3 aromatic carbocycles. The highest BCUT2D eigenvalue weighted by atomic mass is 79.9. The van der Waals surface area contributed by atoms with Gasteiger partial charge in [0.05, 0.1) is 26.2 Å². The number of benzene rings is 3. The molecule has 1 saturated heterocycles. The Morgan fingerprint density at radius 3 is 1.68 bits per heavy atom. The molecule has 2 amide bonds. The number of hydrogen-bond acceptors (Lipinski definition) is 4. The molecule has 2 unspecified atom stereocenters. The van der Waals surface area contributed by atoms with E-state index in [-0.39, 0.29) is 17.8 Å². The predicted molar refractivity (Wildman–Crippen MR) is 148 cm³/mol. The molecule has 188 valence electrons. The van der Waals surface area contributed by atoms with Crippen LogP contribution in [0.5, 0.6) is 5.75 Å². The lowest BCUT2D eigenvalue weighted by atomic mass is 9.54. The number of ether oxygens (including phenoxy) is 1. The normalized spacial score (nSPS) is 27.1. The average molecular weight is 623 g/mol. The van der Waals surface area contributed by atoms with Gasteiger partial charge in [-0.2, -0.15) is 0 Å². The van der Waals surface area contributed by atoms with Crippen molar-refractivity contribution < 1.29 is 19.1 Å². The standard InChI is InChI=1S/C30H25Br2NO4/c1-2-3-4-13-24(34)37-19-16-14-18(15-17-19)33-27(35)25-26(28(33)36)30(32)21-10-6-5-9-20(21)29(25,31)22-11-7-8-12-23(22)30/h5-12,14-17,25-26H,2-4,13H2,1H3. The van der Waals surface area contributed by atoms with Gasteiger partial charge < -0.3 is 4.74 Å². The Kier molecular flexibility index (Phi) is 5.92. The molecule has 7 heteroatoms. The molecule has 0 aromatic heterocycles. The van der Waals surface area contributed by atoms with Gasteiger partial charge in [-0.15, -0.1) is 0 Å². The highest BCUT2D eigenvalue weighted by Crippen LogP contribution is 2.70. The van der Waals surface area contributed by atoms with Crippen LogP contribution in [0.1, 0.15) is 54.9 Å². The molecule has 3 aromatic rings. The first-order valence-electron chi connectivity index (χ1n) is 12.6. The molecule has 3 aliphatic carbocycles. The quantitative estimate of drug-likeness (QED) is 0.102. The molecule has 2 bridgehead atoms. The van der Waals surface area contributed by atoms with Crippen molar-refractivity contribution in [2.45, 2.75) is 41.3 Å². The molecule has 0 spiro atoms. The summed E-state index contributed by atoms with van der Waals surface area (Å²) in [6, 6.07) is 22.7. The number of esters is 1. The first-order valence-corrected chi connectivity index (χ1v) is 14.2. The average Bonchev–Trinajstić information content (AvgIpc) is 3.19. The van der Waals surface area contributed by atoms with E-state index in [2.05, 4.69) is 38.8 Å². The fourth-order valence-electron chi connectivity index (χ4n) is 6.29. The minimum absolute atomic E-state index is 0.246. The van der Waals surface area contributed by atoms with E-state index >= 15 is 0 Å². The Morgan fingerprint density at radius 2 is 1.24 bits per heavy atom. The third-order valence-corrected chi connectivity index (χ3v) is 10.6. The van der Waals surface area contributed by atoms with E-state index in [1.807, 2.05) is 48.5 Å². The SMILES string of the molecule is CCCCCC(=O)Oc1ccc(N2C(=O)C3C(C2=O)C2(Br)c4ccccc4C3(Br)c3ccccc32)cc1. The number of rotatable bonds is 6. The van der Waals surface area contributed by atoms with Gasteiger partial charge in [-0.1, -0.05) is 100 Å². The Hall–Kier alpha value is -2.77. The molecule has 0 radical (unpaired) electrons. The van der Waals surface area contributed by atoms with E-state index in [1.165, 1.54) is 4.90 Å². The lowest BCUT2D eigenvalue weighted by Gasteiger charge is -2.55. The highest BCUT2D eigenvalue weighted by molar-refractivity contribution is 9.10. The Morgan fingerprint density at radius 1 is 0.784 bits per heavy atom. The molecule has 0 saturated carbocycles. The van der Waals surface area contributed by atoms with E-state index in [1.54, 1.807) is 24.3 Å². The summed E-state index contributed by atoms with van der Waals surface area (Å²) in [5, 5.41) is 0. The summed E-state index contributed by atoms with van der Waals surface area (Å²) in [5.74, 6) is -1.63. The topological polar surface area (TPSA) is 63.7 Å². The van der Waals surface area contributed by atoms with Crippen LogP contribution in [0.25, 0.3) is 0 Å². The molecule has 1 aliphatic heterocycles. The van der Waals surface area contributed by atoms with Crippen LogP contribution < -0.4 is 9.64 Å². The number of amides is 2. The molecule has 0 N–H and O–H groups in total. The number of unbranched alkanes of at least 4 members (excludes halogenated alkanes) is 2. The number of anilines is 1. The Bertz CT molecular complexity index is 1310. The van der Waals surface area contributed by atoms with Crippen LogP contribution in [0.2, 0.25) is 0 Å².